The molecule has 0 aromatic heterocycles. The number of carbonyl (C=O) groups is 2. The second-order valence-corrected chi connectivity index (χ2v) is 6.25. The van der Waals surface area contributed by atoms with Crippen LogP contribution in [0.1, 0.15) is 31.1 Å². The fourth-order valence-electron chi connectivity index (χ4n) is 2.66. The second-order valence-electron chi connectivity index (χ2n) is 6.25. The highest BCUT2D eigenvalue weighted by molar-refractivity contribution is 5.95. The molecule has 2 atom stereocenters. The molecular weight excluding hydrogens is 294 g/mol. The number of rotatable bonds is 5. The van der Waals surface area contributed by atoms with E-state index in [1.807, 2.05) is 32.9 Å². The molecule has 1 N–H and O–H groups in total. The molecule has 0 saturated carbocycles. The van der Waals surface area contributed by atoms with Crippen LogP contribution in [0.2, 0.25) is 0 Å². The number of amides is 1. The van der Waals surface area contributed by atoms with E-state index >= 15 is 0 Å². The Balaban J connectivity index is 2.05. The summed E-state index contributed by atoms with van der Waals surface area (Å²) in [5.74, 6) is -0.875. The van der Waals surface area contributed by atoms with Crippen LogP contribution >= 0.6 is 0 Å². The molecule has 1 aliphatic rings. The highest BCUT2D eigenvalue weighted by Gasteiger charge is 2.37. The molecule has 0 spiro atoms. The lowest BCUT2D eigenvalue weighted by Crippen LogP contribution is -2.29. The number of hydrogen-bond acceptors (Lipinski definition) is 3. The van der Waals surface area contributed by atoms with E-state index < -0.39 is 11.9 Å². The molecule has 0 bridgehead atoms. The van der Waals surface area contributed by atoms with Crippen molar-refractivity contribution in [1.29, 1.82) is 0 Å². The Bertz CT molecular complexity index is 619. The van der Waals surface area contributed by atoms with E-state index in [0.29, 0.717) is 24.5 Å². The topological polar surface area (TPSA) is 66.8 Å². The minimum Gasteiger partial charge on any atom is -0.490 e. The minimum atomic E-state index is -0.841. The van der Waals surface area contributed by atoms with Crippen LogP contribution < -0.4 is 4.74 Å². The predicted molar refractivity (Wildman–Crippen MR) is 87.6 cm³/mol. The lowest BCUT2D eigenvalue weighted by Gasteiger charge is -2.16. The lowest BCUT2D eigenvalue weighted by atomic mass is 9.99. The van der Waals surface area contributed by atoms with Crippen LogP contribution in [0.5, 0.6) is 5.75 Å². The van der Waals surface area contributed by atoms with E-state index in [-0.39, 0.29) is 18.4 Å². The average Bonchev–Trinajstić information content (AvgIpc) is 2.88. The molecule has 124 valence electrons. The van der Waals surface area contributed by atoms with Gasteiger partial charge in [-0.2, -0.15) is 0 Å². The Kier molecular flexibility index (Phi) is 5.42. The van der Waals surface area contributed by atoms with Crippen molar-refractivity contribution >= 4 is 11.9 Å². The van der Waals surface area contributed by atoms with Gasteiger partial charge < -0.3 is 14.7 Å². The number of carbonyl (C=O) groups excluding carboxylic acids is 1. The zero-order valence-corrected chi connectivity index (χ0v) is 13.8. The van der Waals surface area contributed by atoms with E-state index in [1.54, 1.807) is 23.1 Å². The molecule has 1 aliphatic heterocycles. The number of likely N-dealkylation sites (tertiary alicyclic amines) is 1. The van der Waals surface area contributed by atoms with Gasteiger partial charge in [0, 0.05) is 18.7 Å². The molecule has 1 aromatic carbocycles. The Morgan fingerprint density at radius 1 is 1.35 bits per heavy atom. The van der Waals surface area contributed by atoms with Crippen molar-refractivity contribution in [2.75, 3.05) is 19.7 Å². The van der Waals surface area contributed by atoms with Gasteiger partial charge in [0.2, 0.25) is 0 Å². The molecule has 0 radical (unpaired) electrons. The maximum absolute atomic E-state index is 12.6. The third kappa shape index (κ3) is 4.34. The number of nitrogens with zero attached hydrogens (tertiary/aromatic N) is 1. The summed E-state index contributed by atoms with van der Waals surface area (Å²) in [7, 11) is 0. The van der Waals surface area contributed by atoms with Crippen molar-refractivity contribution in [2.45, 2.75) is 20.8 Å². The lowest BCUT2D eigenvalue weighted by molar-refractivity contribution is -0.142. The molecule has 1 amide bonds. The fourth-order valence-corrected chi connectivity index (χ4v) is 2.66. The van der Waals surface area contributed by atoms with Gasteiger partial charge in [0.15, 0.2) is 0 Å². The second kappa shape index (κ2) is 7.31. The molecule has 1 fully saturated rings. The normalized spacial score (nSPS) is 20.2. The van der Waals surface area contributed by atoms with Gasteiger partial charge in [-0.05, 0) is 44.0 Å². The number of ether oxygens (including phenoxy) is 1. The Morgan fingerprint density at radius 2 is 2.09 bits per heavy atom. The highest BCUT2D eigenvalue weighted by atomic mass is 16.5. The highest BCUT2D eigenvalue weighted by Crippen LogP contribution is 2.25. The minimum absolute atomic E-state index is 0.0338. The predicted octanol–water partition coefficient (Wildman–Crippen LogP) is 2.82. The van der Waals surface area contributed by atoms with Crippen LogP contribution in [0.3, 0.4) is 0 Å². The molecule has 0 unspecified atom stereocenters. The van der Waals surface area contributed by atoms with E-state index in [4.69, 9.17) is 4.74 Å². The average molecular weight is 317 g/mol. The molecule has 1 aromatic rings. The summed E-state index contributed by atoms with van der Waals surface area (Å²) < 4.78 is 5.61. The molecule has 23 heavy (non-hydrogen) atoms. The summed E-state index contributed by atoms with van der Waals surface area (Å²) in [6, 6.07) is 7.02. The van der Waals surface area contributed by atoms with Gasteiger partial charge in [-0.3, -0.25) is 9.59 Å². The van der Waals surface area contributed by atoms with Crippen molar-refractivity contribution < 1.29 is 19.4 Å². The summed E-state index contributed by atoms with van der Waals surface area (Å²) in [5.41, 5.74) is 1.70. The fraction of sp³-hybridized carbons (Fsp3) is 0.444. The molecule has 5 nitrogen and oxygen atoms in total. The Labute approximate surface area is 136 Å². The molecule has 2 rings (SSSR count). The summed E-state index contributed by atoms with van der Waals surface area (Å²) in [6.07, 6.45) is 1.97. The zero-order chi connectivity index (χ0) is 17.0. The SMILES string of the molecule is CC(C)=CCOc1cccc(C(=O)N2C[C@@H](C)[C@H](C(=O)O)C2)c1. The van der Waals surface area contributed by atoms with Crippen molar-refractivity contribution in [3.05, 3.63) is 41.5 Å². The van der Waals surface area contributed by atoms with E-state index in [1.165, 1.54) is 5.57 Å². The first kappa shape index (κ1) is 17.1. The van der Waals surface area contributed by atoms with Crippen LogP contribution in [0.4, 0.5) is 0 Å². The molecule has 1 heterocycles. The van der Waals surface area contributed by atoms with Crippen molar-refractivity contribution in [3.63, 3.8) is 0 Å². The van der Waals surface area contributed by atoms with Crippen LogP contribution in [0.15, 0.2) is 35.9 Å². The molecular formula is C18H23NO4. The number of carboxylic acids is 1. The Morgan fingerprint density at radius 3 is 2.70 bits per heavy atom. The van der Waals surface area contributed by atoms with Gasteiger partial charge in [-0.25, -0.2) is 0 Å². The van der Waals surface area contributed by atoms with Gasteiger partial charge in [0.1, 0.15) is 12.4 Å². The Hall–Kier alpha value is -2.30. The van der Waals surface area contributed by atoms with Crippen LogP contribution in [-0.2, 0) is 4.79 Å². The first-order chi connectivity index (χ1) is 10.9. The molecule has 1 saturated heterocycles. The summed E-state index contributed by atoms with van der Waals surface area (Å²) in [5, 5.41) is 9.18. The van der Waals surface area contributed by atoms with Crippen molar-refractivity contribution in [1.82, 2.24) is 4.90 Å². The van der Waals surface area contributed by atoms with Gasteiger partial charge in [-0.1, -0.05) is 18.6 Å². The van der Waals surface area contributed by atoms with Gasteiger partial charge in [-0.15, -0.1) is 0 Å². The number of benzene rings is 1. The smallest absolute Gasteiger partial charge is 0.308 e. The van der Waals surface area contributed by atoms with Crippen molar-refractivity contribution in [3.8, 4) is 5.75 Å². The van der Waals surface area contributed by atoms with Crippen LogP contribution in [0.25, 0.3) is 0 Å². The largest absolute Gasteiger partial charge is 0.490 e. The number of hydrogen-bond donors (Lipinski definition) is 1. The van der Waals surface area contributed by atoms with E-state index in [2.05, 4.69) is 0 Å². The van der Waals surface area contributed by atoms with Crippen LogP contribution in [-0.4, -0.2) is 41.6 Å². The summed E-state index contributed by atoms with van der Waals surface area (Å²) in [4.78, 5) is 25.4. The maximum Gasteiger partial charge on any atom is 0.308 e. The first-order valence-electron chi connectivity index (χ1n) is 7.76. The van der Waals surface area contributed by atoms with E-state index in [9.17, 15) is 14.7 Å². The third-order valence-corrected chi connectivity index (χ3v) is 4.04. The standard InChI is InChI=1S/C18H23NO4/c1-12(2)7-8-23-15-6-4-5-14(9-15)17(20)19-10-13(3)16(11-19)18(21)22/h4-7,9,13,16H,8,10-11H2,1-3H3,(H,21,22)/t13-,16-/m1/s1. The first-order valence-corrected chi connectivity index (χ1v) is 7.76. The van der Waals surface area contributed by atoms with Gasteiger partial charge >= 0.3 is 5.97 Å². The third-order valence-electron chi connectivity index (χ3n) is 4.04. The molecule has 5 heteroatoms. The number of carboxylic acid groups (broad SMARTS) is 1. The van der Waals surface area contributed by atoms with Gasteiger partial charge in [0.05, 0.1) is 5.92 Å². The summed E-state index contributed by atoms with van der Waals surface area (Å²) >= 11 is 0. The van der Waals surface area contributed by atoms with Crippen molar-refractivity contribution in [2.24, 2.45) is 11.8 Å². The monoisotopic (exact) mass is 317 g/mol. The van der Waals surface area contributed by atoms with Crippen LogP contribution in [0, 0.1) is 11.8 Å². The molecule has 0 aliphatic carbocycles. The quantitative estimate of drug-likeness (QED) is 0.848. The van der Waals surface area contributed by atoms with E-state index in [0.717, 1.165) is 0 Å². The summed E-state index contributed by atoms with van der Waals surface area (Å²) in [6.45, 7) is 7.05. The number of aliphatic carboxylic acids is 1. The zero-order valence-electron chi connectivity index (χ0n) is 13.8. The number of allylic oxidation sites excluding steroid dienone is 1. The van der Waals surface area contributed by atoms with Gasteiger partial charge in [0.25, 0.3) is 5.91 Å². The maximum atomic E-state index is 12.6.